The number of anilines is 1. The van der Waals surface area contributed by atoms with Crippen molar-refractivity contribution in [2.24, 2.45) is 0 Å². The largest absolute Gasteiger partial charge is 0.463 e. The lowest BCUT2D eigenvalue weighted by molar-refractivity contribution is 0.0952. The highest BCUT2D eigenvalue weighted by Crippen LogP contribution is 2.24. The monoisotopic (exact) mass is 350 g/mol. The second-order valence-corrected chi connectivity index (χ2v) is 6.61. The summed E-state index contributed by atoms with van der Waals surface area (Å²) >= 11 is 0. The van der Waals surface area contributed by atoms with Gasteiger partial charge in [-0.25, -0.2) is 0 Å². The number of hydrogen-bond donors (Lipinski definition) is 1. The van der Waals surface area contributed by atoms with E-state index in [1.165, 1.54) is 5.56 Å². The maximum Gasteiger partial charge on any atom is 0.255 e. The summed E-state index contributed by atoms with van der Waals surface area (Å²) in [5.41, 5.74) is 2.53. The second kappa shape index (κ2) is 7.15. The molecule has 0 spiro atoms. The van der Waals surface area contributed by atoms with E-state index in [1.54, 1.807) is 12.5 Å². The molecule has 0 aliphatic carbocycles. The van der Waals surface area contributed by atoms with Crippen LogP contribution >= 0.6 is 0 Å². The van der Waals surface area contributed by atoms with Gasteiger partial charge in [0.15, 0.2) is 5.82 Å². The lowest BCUT2D eigenvalue weighted by atomic mass is 10.1. The normalized spacial score (nSPS) is 17.0. The maximum atomic E-state index is 12.7. The first-order chi connectivity index (χ1) is 12.8. The van der Waals surface area contributed by atoms with Crippen molar-refractivity contribution in [3.05, 3.63) is 53.9 Å². The first kappa shape index (κ1) is 16.6. The van der Waals surface area contributed by atoms with E-state index in [0.717, 1.165) is 42.6 Å². The summed E-state index contributed by atoms with van der Waals surface area (Å²) in [6.45, 7) is 3.62. The number of nitrogens with zero attached hydrogens (tertiary/aromatic N) is 3. The highest BCUT2D eigenvalue weighted by Gasteiger charge is 2.26. The standard InChI is InChI=1S/C20H22N4O2/c1-2-14-7-8-18-16(11-14)17(13-26-18)20(25)21-12-15-5-4-10-24(15)19-6-3-9-22-23-19/h3,6-9,11,13,15H,2,4-5,10,12H2,1H3,(H,21,25). The van der Waals surface area contributed by atoms with Gasteiger partial charge in [0, 0.05) is 30.7 Å². The first-order valence-electron chi connectivity index (χ1n) is 9.09. The lowest BCUT2D eigenvalue weighted by Crippen LogP contribution is -2.40. The summed E-state index contributed by atoms with van der Waals surface area (Å²) in [6, 6.07) is 10.1. The van der Waals surface area contributed by atoms with E-state index in [0.29, 0.717) is 12.1 Å². The molecule has 0 bridgehead atoms. The van der Waals surface area contributed by atoms with E-state index in [-0.39, 0.29) is 11.9 Å². The molecule has 1 atom stereocenters. The number of amides is 1. The first-order valence-corrected chi connectivity index (χ1v) is 9.09. The van der Waals surface area contributed by atoms with Crippen LogP contribution < -0.4 is 10.2 Å². The minimum absolute atomic E-state index is 0.0944. The Kier molecular flexibility index (Phi) is 4.56. The molecule has 0 radical (unpaired) electrons. The molecule has 3 aromatic rings. The summed E-state index contributed by atoms with van der Waals surface area (Å²) in [4.78, 5) is 14.9. The molecule has 1 aromatic carbocycles. The fraction of sp³-hybridized carbons (Fsp3) is 0.350. The van der Waals surface area contributed by atoms with Crippen LogP contribution in [-0.2, 0) is 6.42 Å². The van der Waals surface area contributed by atoms with Crippen molar-refractivity contribution in [1.82, 2.24) is 15.5 Å². The summed E-state index contributed by atoms with van der Waals surface area (Å²) in [6.07, 6.45) is 6.27. The van der Waals surface area contributed by atoms with Gasteiger partial charge in [-0.2, -0.15) is 5.10 Å². The topological polar surface area (TPSA) is 71.3 Å². The van der Waals surface area contributed by atoms with Crippen LogP contribution in [0.25, 0.3) is 11.0 Å². The van der Waals surface area contributed by atoms with Crippen LogP contribution in [0.15, 0.2) is 47.2 Å². The number of carbonyl (C=O) groups is 1. The Balaban J connectivity index is 1.47. The molecule has 6 nitrogen and oxygen atoms in total. The highest BCUT2D eigenvalue weighted by atomic mass is 16.3. The zero-order valence-corrected chi connectivity index (χ0v) is 14.8. The third-order valence-corrected chi connectivity index (χ3v) is 5.02. The van der Waals surface area contributed by atoms with Crippen molar-refractivity contribution in [2.75, 3.05) is 18.0 Å². The molecule has 1 saturated heterocycles. The van der Waals surface area contributed by atoms with Gasteiger partial charge in [-0.3, -0.25) is 4.79 Å². The van der Waals surface area contributed by atoms with E-state index in [9.17, 15) is 4.79 Å². The Bertz CT molecular complexity index is 907. The fourth-order valence-corrected chi connectivity index (χ4v) is 3.57. The molecular formula is C20H22N4O2. The summed E-state index contributed by atoms with van der Waals surface area (Å²) in [7, 11) is 0. The average Bonchev–Trinajstić information content (AvgIpc) is 3.33. The van der Waals surface area contributed by atoms with E-state index >= 15 is 0 Å². The van der Waals surface area contributed by atoms with Crippen LogP contribution in [-0.4, -0.2) is 35.2 Å². The van der Waals surface area contributed by atoms with E-state index in [4.69, 9.17) is 4.42 Å². The molecule has 26 heavy (non-hydrogen) atoms. The van der Waals surface area contributed by atoms with Crippen LogP contribution in [0.2, 0.25) is 0 Å². The number of rotatable bonds is 5. The number of furan rings is 1. The Labute approximate surface area is 152 Å². The van der Waals surface area contributed by atoms with Crippen LogP contribution in [0.3, 0.4) is 0 Å². The highest BCUT2D eigenvalue weighted by molar-refractivity contribution is 6.06. The van der Waals surface area contributed by atoms with Gasteiger partial charge >= 0.3 is 0 Å². The summed E-state index contributed by atoms with van der Waals surface area (Å²) in [5.74, 6) is 0.772. The van der Waals surface area contributed by atoms with Crippen molar-refractivity contribution in [1.29, 1.82) is 0 Å². The zero-order chi connectivity index (χ0) is 17.9. The van der Waals surface area contributed by atoms with Gasteiger partial charge in [-0.05, 0) is 49.1 Å². The lowest BCUT2D eigenvalue weighted by Gasteiger charge is -2.25. The van der Waals surface area contributed by atoms with Crippen LogP contribution in [0.5, 0.6) is 0 Å². The SMILES string of the molecule is CCc1ccc2occ(C(=O)NCC3CCCN3c3cccnn3)c2c1. The minimum atomic E-state index is -0.0944. The molecule has 0 saturated carbocycles. The third-order valence-electron chi connectivity index (χ3n) is 5.02. The smallest absolute Gasteiger partial charge is 0.255 e. The molecule has 6 heteroatoms. The summed E-state index contributed by atoms with van der Waals surface area (Å²) < 4.78 is 5.54. The van der Waals surface area contributed by atoms with Gasteiger partial charge in [0.25, 0.3) is 5.91 Å². The number of aromatic nitrogens is 2. The van der Waals surface area contributed by atoms with Crippen LogP contribution in [0, 0.1) is 0 Å². The van der Waals surface area contributed by atoms with E-state index in [2.05, 4.69) is 27.3 Å². The van der Waals surface area contributed by atoms with Crippen molar-refractivity contribution >= 4 is 22.7 Å². The Morgan fingerprint density at radius 1 is 1.38 bits per heavy atom. The molecule has 1 aliphatic rings. The molecule has 1 N–H and O–H groups in total. The number of aryl methyl sites for hydroxylation is 1. The second-order valence-electron chi connectivity index (χ2n) is 6.61. The number of carbonyl (C=O) groups excluding carboxylic acids is 1. The Morgan fingerprint density at radius 2 is 2.31 bits per heavy atom. The third kappa shape index (κ3) is 3.14. The van der Waals surface area contributed by atoms with Crippen molar-refractivity contribution in [2.45, 2.75) is 32.2 Å². The predicted molar refractivity (Wildman–Crippen MR) is 100 cm³/mol. The number of nitrogens with one attached hydrogen (secondary N) is 1. The molecule has 1 aliphatic heterocycles. The van der Waals surface area contributed by atoms with Crippen LogP contribution in [0.1, 0.15) is 35.7 Å². The summed E-state index contributed by atoms with van der Waals surface area (Å²) in [5, 5.41) is 12.1. The van der Waals surface area contributed by atoms with Crippen LogP contribution in [0.4, 0.5) is 5.82 Å². The van der Waals surface area contributed by atoms with Crippen molar-refractivity contribution in [3.63, 3.8) is 0 Å². The Hall–Kier alpha value is -2.89. The van der Waals surface area contributed by atoms with Crippen molar-refractivity contribution < 1.29 is 9.21 Å². The molecule has 1 fully saturated rings. The predicted octanol–water partition coefficient (Wildman–Crippen LogP) is 3.18. The Morgan fingerprint density at radius 3 is 3.12 bits per heavy atom. The fourth-order valence-electron chi connectivity index (χ4n) is 3.57. The molecular weight excluding hydrogens is 328 g/mol. The van der Waals surface area contributed by atoms with Gasteiger partial charge in [-0.15, -0.1) is 5.10 Å². The minimum Gasteiger partial charge on any atom is -0.463 e. The van der Waals surface area contributed by atoms with E-state index < -0.39 is 0 Å². The van der Waals surface area contributed by atoms with Gasteiger partial charge in [-0.1, -0.05) is 13.0 Å². The zero-order valence-electron chi connectivity index (χ0n) is 14.8. The number of benzene rings is 1. The molecule has 134 valence electrons. The van der Waals surface area contributed by atoms with Crippen molar-refractivity contribution in [3.8, 4) is 0 Å². The average molecular weight is 350 g/mol. The molecule has 1 unspecified atom stereocenters. The maximum absolute atomic E-state index is 12.7. The van der Waals surface area contributed by atoms with Gasteiger partial charge in [0.05, 0.1) is 5.56 Å². The molecule has 3 heterocycles. The number of fused-ring (bicyclic) bond motifs is 1. The molecule has 4 rings (SSSR count). The quantitative estimate of drug-likeness (QED) is 0.765. The molecule has 2 aromatic heterocycles. The van der Waals surface area contributed by atoms with Gasteiger partial charge in [0.2, 0.25) is 0 Å². The molecule has 1 amide bonds. The van der Waals surface area contributed by atoms with Gasteiger partial charge < -0.3 is 14.6 Å². The van der Waals surface area contributed by atoms with E-state index in [1.807, 2.05) is 30.3 Å². The van der Waals surface area contributed by atoms with Gasteiger partial charge in [0.1, 0.15) is 11.8 Å². The number of hydrogen-bond acceptors (Lipinski definition) is 5.